The average molecular weight is 414 g/mol. The number of halogens is 2. The van der Waals surface area contributed by atoms with Gasteiger partial charge < -0.3 is 10.3 Å². The van der Waals surface area contributed by atoms with Crippen molar-refractivity contribution in [2.24, 2.45) is 5.73 Å². The van der Waals surface area contributed by atoms with Crippen LogP contribution in [0.4, 0.5) is 0 Å². The molecule has 0 spiro atoms. The molecule has 0 aliphatic carbocycles. The Bertz CT molecular complexity index is 1130. The number of carbonyl (C=O) groups excluding carboxylic acids is 1. The molecule has 0 bridgehead atoms. The van der Waals surface area contributed by atoms with E-state index in [1.54, 1.807) is 6.07 Å². The van der Waals surface area contributed by atoms with Gasteiger partial charge in [0.05, 0.1) is 11.0 Å². The number of nitrogens with two attached hydrogens (primary N) is 1. The van der Waals surface area contributed by atoms with Gasteiger partial charge in [0.1, 0.15) is 0 Å². The van der Waals surface area contributed by atoms with Crippen LogP contribution < -0.4 is 5.73 Å². The first-order valence-corrected chi connectivity index (χ1v) is 8.96. The van der Waals surface area contributed by atoms with Crippen molar-refractivity contribution in [2.45, 2.75) is 6.54 Å². The van der Waals surface area contributed by atoms with Crippen molar-refractivity contribution in [3.8, 4) is 0 Å². The van der Waals surface area contributed by atoms with Gasteiger partial charge in [-0.25, -0.2) is 0 Å². The van der Waals surface area contributed by atoms with Crippen LogP contribution in [0.15, 0.2) is 65.1 Å². The fourth-order valence-corrected chi connectivity index (χ4v) is 3.92. The lowest BCUT2D eigenvalue weighted by Crippen LogP contribution is -2.11. The summed E-state index contributed by atoms with van der Waals surface area (Å²) in [6, 6.07) is 19.5. The summed E-state index contributed by atoms with van der Waals surface area (Å²) in [5.74, 6) is -0.429. The van der Waals surface area contributed by atoms with Crippen molar-refractivity contribution in [3.05, 3.63) is 81.3 Å². The highest BCUT2D eigenvalue weighted by Gasteiger charge is 2.16. The van der Waals surface area contributed by atoms with Crippen LogP contribution in [0.2, 0.25) is 5.02 Å². The van der Waals surface area contributed by atoms with E-state index in [1.165, 1.54) is 0 Å². The van der Waals surface area contributed by atoms with Gasteiger partial charge in [0.2, 0.25) is 5.91 Å². The highest BCUT2D eigenvalue weighted by atomic mass is 79.9. The van der Waals surface area contributed by atoms with Crippen molar-refractivity contribution in [2.75, 3.05) is 0 Å². The molecule has 0 aliphatic rings. The van der Waals surface area contributed by atoms with Gasteiger partial charge in [0.15, 0.2) is 0 Å². The maximum absolute atomic E-state index is 11.9. The van der Waals surface area contributed by atoms with E-state index in [9.17, 15) is 4.79 Å². The molecule has 4 rings (SSSR count). The number of hydrogen-bond acceptors (Lipinski definition) is 1. The van der Waals surface area contributed by atoms with E-state index in [-0.39, 0.29) is 0 Å². The summed E-state index contributed by atoms with van der Waals surface area (Å²) in [5.41, 5.74) is 9.23. The molecule has 124 valence electrons. The Morgan fingerprint density at radius 1 is 1.04 bits per heavy atom. The van der Waals surface area contributed by atoms with Gasteiger partial charge in [-0.15, -0.1) is 0 Å². The number of hydrogen-bond donors (Lipinski definition) is 1. The first-order valence-electron chi connectivity index (χ1n) is 7.79. The summed E-state index contributed by atoms with van der Waals surface area (Å²) in [5, 5.41) is 2.51. The molecule has 0 radical (unpaired) electrons. The van der Waals surface area contributed by atoms with Crippen molar-refractivity contribution < 1.29 is 4.79 Å². The van der Waals surface area contributed by atoms with Gasteiger partial charge in [-0.2, -0.15) is 0 Å². The second-order valence-corrected chi connectivity index (χ2v) is 7.29. The van der Waals surface area contributed by atoms with Gasteiger partial charge in [0, 0.05) is 32.4 Å². The second kappa shape index (κ2) is 6.21. The summed E-state index contributed by atoms with van der Waals surface area (Å²) in [6.07, 6.45) is 0. The molecule has 0 saturated heterocycles. The standard InChI is InChI=1S/C20H14BrClN2O/c21-13-4-1-3-12(9-13)11-24-17-6-2-5-16(20(23)25)19(17)15-8-7-14(22)10-18(15)24/h1-10H,11H2,(H2,23,25). The number of nitrogens with zero attached hydrogens (tertiary/aromatic N) is 1. The minimum atomic E-state index is -0.429. The Morgan fingerprint density at radius 3 is 2.60 bits per heavy atom. The zero-order valence-electron chi connectivity index (χ0n) is 13.2. The molecule has 25 heavy (non-hydrogen) atoms. The van der Waals surface area contributed by atoms with E-state index < -0.39 is 5.91 Å². The van der Waals surface area contributed by atoms with Gasteiger partial charge in [-0.3, -0.25) is 4.79 Å². The Kier molecular flexibility index (Phi) is 4.02. The first kappa shape index (κ1) is 16.2. The third kappa shape index (κ3) is 2.81. The Labute approximate surface area is 158 Å². The van der Waals surface area contributed by atoms with Crippen molar-refractivity contribution in [3.63, 3.8) is 0 Å². The van der Waals surface area contributed by atoms with Gasteiger partial charge >= 0.3 is 0 Å². The lowest BCUT2D eigenvalue weighted by molar-refractivity contribution is 0.100. The molecule has 0 fully saturated rings. The van der Waals surface area contributed by atoms with Gasteiger partial charge in [-0.1, -0.05) is 51.8 Å². The van der Waals surface area contributed by atoms with Crippen molar-refractivity contribution in [1.29, 1.82) is 0 Å². The molecule has 0 unspecified atom stereocenters. The van der Waals surface area contributed by atoms with Crippen LogP contribution in [-0.2, 0) is 6.54 Å². The summed E-state index contributed by atoms with van der Waals surface area (Å²) >= 11 is 9.75. The Hall–Kier alpha value is -2.30. The maximum atomic E-state index is 11.9. The molecule has 3 nitrogen and oxygen atoms in total. The molecule has 1 amide bonds. The number of fused-ring (bicyclic) bond motifs is 3. The predicted octanol–water partition coefficient (Wildman–Crippen LogP) is 5.36. The first-order chi connectivity index (χ1) is 12.0. The highest BCUT2D eigenvalue weighted by Crippen LogP contribution is 2.34. The average Bonchev–Trinajstić information content (AvgIpc) is 2.88. The van der Waals surface area contributed by atoms with Crippen LogP contribution in [0.3, 0.4) is 0 Å². The van der Waals surface area contributed by atoms with Crippen LogP contribution in [0, 0.1) is 0 Å². The van der Waals surface area contributed by atoms with Crippen LogP contribution >= 0.6 is 27.5 Å². The molecule has 0 saturated carbocycles. The van der Waals surface area contributed by atoms with Crippen LogP contribution in [0.1, 0.15) is 15.9 Å². The zero-order valence-corrected chi connectivity index (χ0v) is 15.5. The quantitative estimate of drug-likeness (QED) is 0.483. The van der Waals surface area contributed by atoms with Crippen molar-refractivity contribution in [1.82, 2.24) is 4.57 Å². The fourth-order valence-electron chi connectivity index (χ4n) is 3.31. The topological polar surface area (TPSA) is 48.0 Å². The van der Waals surface area contributed by atoms with E-state index in [0.29, 0.717) is 17.1 Å². The number of aromatic nitrogens is 1. The molecular formula is C20H14BrClN2O. The van der Waals surface area contributed by atoms with Crippen LogP contribution in [-0.4, -0.2) is 10.5 Å². The molecule has 2 N–H and O–H groups in total. The van der Waals surface area contributed by atoms with Gasteiger partial charge in [-0.05, 0) is 42.0 Å². The maximum Gasteiger partial charge on any atom is 0.249 e. The molecule has 0 aliphatic heterocycles. The number of amides is 1. The molecular weight excluding hydrogens is 400 g/mol. The molecule has 0 atom stereocenters. The minimum absolute atomic E-state index is 0.429. The van der Waals surface area contributed by atoms with Gasteiger partial charge in [0.25, 0.3) is 0 Å². The third-order valence-electron chi connectivity index (χ3n) is 4.35. The highest BCUT2D eigenvalue weighted by molar-refractivity contribution is 9.10. The largest absolute Gasteiger partial charge is 0.366 e. The molecule has 5 heteroatoms. The SMILES string of the molecule is NC(=O)c1cccc2c1c1ccc(Cl)cc1n2Cc1cccc(Br)c1. The lowest BCUT2D eigenvalue weighted by atomic mass is 10.1. The van der Waals surface area contributed by atoms with E-state index in [2.05, 4.69) is 32.6 Å². The molecule has 3 aromatic carbocycles. The van der Waals surface area contributed by atoms with Crippen molar-refractivity contribution >= 4 is 55.2 Å². The number of benzene rings is 3. The number of rotatable bonds is 3. The van der Waals surface area contributed by atoms with Crippen LogP contribution in [0.25, 0.3) is 21.8 Å². The molecule has 4 aromatic rings. The predicted molar refractivity (Wildman–Crippen MR) is 106 cm³/mol. The third-order valence-corrected chi connectivity index (χ3v) is 5.08. The normalized spacial score (nSPS) is 11.3. The Balaban J connectivity index is 2.06. The lowest BCUT2D eigenvalue weighted by Gasteiger charge is -2.09. The number of carbonyl (C=O) groups is 1. The summed E-state index contributed by atoms with van der Waals surface area (Å²) in [6.45, 7) is 0.669. The van der Waals surface area contributed by atoms with Crippen LogP contribution in [0.5, 0.6) is 0 Å². The summed E-state index contributed by atoms with van der Waals surface area (Å²) in [7, 11) is 0. The number of primary amides is 1. The molecule has 1 aromatic heterocycles. The monoisotopic (exact) mass is 412 g/mol. The minimum Gasteiger partial charge on any atom is -0.366 e. The summed E-state index contributed by atoms with van der Waals surface area (Å²) in [4.78, 5) is 11.9. The fraction of sp³-hybridized carbons (Fsp3) is 0.0500. The van der Waals surface area contributed by atoms with E-state index in [0.717, 1.165) is 31.8 Å². The van der Waals surface area contributed by atoms with E-state index in [4.69, 9.17) is 17.3 Å². The Morgan fingerprint density at radius 2 is 1.84 bits per heavy atom. The van der Waals surface area contributed by atoms with E-state index >= 15 is 0 Å². The smallest absolute Gasteiger partial charge is 0.249 e. The zero-order chi connectivity index (χ0) is 17.6. The molecule has 1 heterocycles. The van der Waals surface area contributed by atoms with E-state index in [1.807, 2.05) is 42.5 Å². The summed E-state index contributed by atoms with van der Waals surface area (Å²) < 4.78 is 3.20. The second-order valence-electron chi connectivity index (χ2n) is 5.94.